The molecule has 2 aromatic heterocycles. The minimum atomic E-state index is -0.970. The van der Waals surface area contributed by atoms with Gasteiger partial charge in [-0.15, -0.1) is 22.7 Å². The van der Waals surface area contributed by atoms with Gasteiger partial charge < -0.3 is 5.11 Å². The minimum absolute atomic E-state index is 0.0293. The molecule has 1 aliphatic rings. The van der Waals surface area contributed by atoms with Crippen molar-refractivity contribution in [3.05, 3.63) is 44.8 Å². The number of thiophene rings is 2. The average Bonchev–Trinajstić information content (AvgIpc) is 3.23. The Kier molecular flexibility index (Phi) is 4.35. The molecular formula is C15H14N2O3S2. The highest BCUT2D eigenvalue weighted by atomic mass is 32.1. The minimum Gasteiger partial charge on any atom is -0.481 e. The van der Waals surface area contributed by atoms with Crippen LogP contribution in [0.5, 0.6) is 0 Å². The van der Waals surface area contributed by atoms with Crippen molar-refractivity contribution < 1.29 is 14.7 Å². The number of aliphatic carboxylic acids is 1. The smallest absolute Gasteiger partial charge is 0.303 e. The highest BCUT2D eigenvalue weighted by molar-refractivity contribution is 7.12. The number of rotatable bonds is 5. The number of carboxylic acid groups (broad SMARTS) is 1. The maximum atomic E-state index is 12.3. The summed E-state index contributed by atoms with van der Waals surface area (Å²) < 4.78 is 0. The Balaban J connectivity index is 1.84. The fourth-order valence-corrected chi connectivity index (χ4v) is 3.90. The van der Waals surface area contributed by atoms with Crippen molar-refractivity contribution in [2.24, 2.45) is 5.10 Å². The lowest BCUT2D eigenvalue weighted by Crippen LogP contribution is -2.26. The van der Waals surface area contributed by atoms with Gasteiger partial charge in [0.05, 0.1) is 23.1 Å². The van der Waals surface area contributed by atoms with Gasteiger partial charge in [0.25, 0.3) is 0 Å². The highest BCUT2D eigenvalue weighted by Gasteiger charge is 2.33. The number of carbonyl (C=O) groups excluding carboxylic acids is 1. The van der Waals surface area contributed by atoms with Crippen molar-refractivity contribution in [3.63, 3.8) is 0 Å². The molecule has 3 heterocycles. The standard InChI is InChI=1S/C15H14N2O3S2/c18-14(5-6-15(19)20)17-11(13-4-2-8-22-13)9-10(16-17)12-3-1-7-21-12/h1-4,7-8,11H,5-6,9H2,(H,19,20)/t11-/m0/s1. The second-order valence-electron chi connectivity index (χ2n) is 4.89. The van der Waals surface area contributed by atoms with Crippen LogP contribution >= 0.6 is 22.7 Å². The zero-order chi connectivity index (χ0) is 15.5. The second kappa shape index (κ2) is 6.41. The summed E-state index contributed by atoms with van der Waals surface area (Å²) in [4.78, 5) is 25.1. The molecule has 114 valence electrons. The van der Waals surface area contributed by atoms with Crippen LogP contribution in [0.3, 0.4) is 0 Å². The monoisotopic (exact) mass is 334 g/mol. The number of nitrogens with zero attached hydrogens (tertiary/aromatic N) is 2. The molecule has 0 spiro atoms. The van der Waals surface area contributed by atoms with Crippen LogP contribution in [0.25, 0.3) is 0 Å². The molecule has 0 radical (unpaired) electrons. The first-order valence-corrected chi connectivity index (χ1v) is 8.59. The SMILES string of the molecule is O=C(O)CCC(=O)N1N=C(c2cccs2)C[C@H]1c1cccs1. The summed E-state index contributed by atoms with van der Waals surface area (Å²) in [5.41, 5.74) is 0.886. The first-order valence-electron chi connectivity index (χ1n) is 6.84. The lowest BCUT2D eigenvalue weighted by Gasteiger charge is -2.20. The third-order valence-electron chi connectivity index (χ3n) is 3.40. The van der Waals surface area contributed by atoms with Crippen molar-refractivity contribution >= 4 is 40.3 Å². The molecule has 0 saturated carbocycles. The van der Waals surface area contributed by atoms with Gasteiger partial charge in [0.1, 0.15) is 0 Å². The molecule has 2 aromatic rings. The zero-order valence-corrected chi connectivity index (χ0v) is 13.3. The van der Waals surface area contributed by atoms with Crippen molar-refractivity contribution in [2.75, 3.05) is 0 Å². The van der Waals surface area contributed by atoms with E-state index in [-0.39, 0.29) is 24.8 Å². The number of amides is 1. The van der Waals surface area contributed by atoms with Crippen LogP contribution in [0, 0.1) is 0 Å². The number of carboxylic acids is 1. The van der Waals surface area contributed by atoms with Gasteiger partial charge in [-0.2, -0.15) is 5.10 Å². The van der Waals surface area contributed by atoms with Crippen molar-refractivity contribution in [1.82, 2.24) is 5.01 Å². The van der Waals surface area contributed by atoms with Crippen molar-refractivity contribution in [2.45, 2.75) is 25.3 Å². The van der Waals surface area contributed by atoms with Gasteiger partial charge in [-0.1, -0.05) is 12.1 Å². The van der Waals surface area contributed by atoms with Crippen LogP contribution in [0.4, 0.5) is 0 Å². The van der Waals surface area contributed by atoms with Crippen LogP contribution in [-0.2, 0) is 9.59 Å². The highest BCUT2D eigenvalue weighted by Crippen LogP contribution is 2.36. The molecule has 0 fully saturated rings. The Morgan fingerprint density at radius 1 is 1.23 bits per heavy atom. The van der Waals surface area contributed by atoms with E-state index in [0.29, 0.717) is 6.42 Å². The summed E-state index contributed by atoms with van der Waals surface area (Å²) in [5.74, 6) is -1.21. The van der Waals surface area contributed by atoms with E-state index in [1.165, 1.54) is 5.01 Å². The van der Waals surface area contributed by atoms with Gasteiger partial charge in [-0.05, 0) is 22.9 Å². The van der Waals surface area contributed by atoms with Crippen LogP contribution in [0.15, 0.2) is 40.1 Å². The predicted molar refractivity (Wildman–Crippen MR) is 86.2 cm³/mol. The summed E-state index contributed by atoms with van der Waals surface area (Å²) in [6, 6.07) is 7.75. The molecule has 0 aromatic carbocycles. The van der Waals surface area contributed by atoms with Gasteiger partial charge >= 0.3 is 5.97 Å². The molecule has 1 aliphatic heterocycles. The first-order chi connectivity index (χ1) is 10.6. The van der Waals surface area contributed by atoms with E-state index in [1.807, 2.05) is 35.0 Å². The van der Waals surface area contributed by atoms with Gasteiger partial charge in [0.15, 0.2) is 0 Å². The first kappa shape index (κ1) is 14.9. The molecule has 7 heteroatoms. The Bertz CT molecular complexity index is 692. The third kappa shape index (κ3) is 3.10. The zero-order valence-electron chi connectivity index (χ0n) is 11.6. The molecule has 5 nitrogen and oxygen atoms in total. The summed E-state index contributed by atoms with van der Waals surface area (Å²) in [7, 11) is 0. The fraction of sp³-hybridized carbons (Fsp3) is 0.267. The summed E-state index contributed by atoms with van der Waals surface area (Å²) in [6.45, 7) is 0. The van der Waals surface area contributed by atoms with E-state index in [0.717, 1.165) is 15.5 Å². The second-order valence-corrected chi connectivity index (χ2v) is 6.82. The summed E-state index contributed by atoms with van der Waals surface area (Å²) >= 11 is 3.18. The fourth-order valence-electron chi connectivity index (χ4n) is 2.36. The Hall–Kier alpha value is -1.99. The molecule has 0 bridgehead atoms. The van der Waals surface area contributed by atoms with Gasteiger partial charge in [-0.3, -0.25) is 9.59 Å². The topological polar surface area (TPSA) is 70.0 Å². The normalized spacial score (nSPS) is 17.5. The van der Waals surface area contributed by atoms with E-state index in [1.54, 1.807) is 22.7 Å². The molecule has 0 unspecified atom stereocenters. The molecule has 1 N–H and O–H groups in total. The van der Waals surface area contributed by atoms with E-state index >= 15 is 0 Å². The summed E-state index contributed by atoms with van der Waals surface area (Å²) in [5, 5.41) is 18.6. The number of hydrogen-bond donors (Lipinski definition) is 1. The van der Waals surface area contributed by atoms with Crippen LogP contribution in [-0.4, -0.2) is 27.7 Å². The van der Waals surface area contributed by atoms with Gasteiger partial charge in [-0.25, -0.2) is 5.01 Å². The van der Waals surface area contributed by atoms with E-state index in [9.17, 15) is 9.59 Å². The van der Waals surface area contributed by atoms with Crippen molar-refractivity contribution in [3.8, 4) is 0 Å². The number of hydrogen-bond acceptors (Lipinski definition) is 5. The molecule has 22 heavy (non-hydrogen) atoms. The quantitative estimate of drug-likeness (QED) is 0.911. The summed E-state index contributed by atoms with van der Waals surface area (Å²) in [6.07, 6.45) is 0.467. The average molecular weight is 334 g/mol. The maximum Gasteiger partial charge on any atom is 0.303 e. The molecular weight excluding hydrogens is 320 g/mol. The lowest BCUT2D eigenvalue weighted by atomic mass is 10.1. The number of hydrazone groups is 1. The van der Waals surface area contributed by atoms with E-state index in [4.69, 9.17) is 5.11 Å². The molecule has 1 amide bonds. The van der Waals surface area contributed by atoms with Crippen LogP contribution in [0.1, 0.15) is 35.1 Å². The van der Waals surface area contributed by atoms with Crippen molar-refractivity contribution in [1.29, 1.82) is 0 Å². The molecule has 3 rings (SSSR count). The Morgan fingerprint density at radius 3 is 2.64 bits per heavy atom. The molecule has 0 saturated heterocycles. The van der Waals surface area contributed by atoms with Crippen LogP contribution in [0.2, 0.25) is 0 Å². The predicted octanol–water partition coefficient (Wildman–Crippen LogP) is 3.35. The lowest BCUT2D eigenvalue weighted by molar-refractivity contribution is -0.141. The largest absolute Gasteiger partial charge is 0.481 e. The Labute approximate surface area is 135 Å². The van der Waals surface area contributed by atoms with Gasteiger partial charge in [0.2, 0.25) is 5.91 Å². The van der Waals surface area contributed by atoms with E-state index < -0.39 is 5.97 Å². The maximum absolute atomic E-state index is 12.3. The van der Waals surface area contributed by atoms with Crippen LogP contribution < -0.4 is 0 Å². The Morgan fingerprint density at radius 2 is 2.00 bits per heavy atom. The molecule has 0 aliphatic carbocycles. The number of carbonyl (C=O) groups is 2. The third-order valence-corrected chi connectivity index (χ3v) is 5.29. The van der Waals surface area contributed by atoms with E-state index in [2.05, 4.69) is 5.10 Å². The molecule has 1 atom stereocenters. The van der Waals surface area contributed by atoms with Gasteiger partial charge in [0, 0.05) is 17.7 Å².